The number of amides is 1. The number of hydrogen-bond acceptors (Lipinski definition) is 2. The molecule has 1 atom stereocenters. The van der Waals surface area contributed by atoms with Crippen molar-refractivity contribution in [2.75, 3.05) is 0 Å². The quantitative estimate of drug-likeness (QED) is 0.166. The Hall–Kier alpha value is -7.47. The van der Waals surface area contributed by atoms with Gasteiger partial charge in [0.15, 0.2) is 0 Å². The van der Waals surface area contributed by atoms with Crippen molar-refractivity contribution in [2.45, 2.75) is 10.1 Å². The zero-order chi connectivity index (χ0) is 39.5. The van der Waals surface area contributed by atoms with Gasteiger partial charge >= 0.3 is 5.91 Å². The molecule has 0 spiro atoms. The zero-order valence-corrected chi connectivity index (χ0v) is 33.1. The lowest BCUT2D eigenvalue weighted by atomic mass is 9.89. The molecule has 280 valence electrons. The topological polar surface area (TPSA) is 29.9 Å². The Balaban J connectivity index is 0.961. The molecule has 1 unspecified atom stereocenters. The summed E-state index contributed by atoms with van der Waals surface area (Å²) in [6.45, 7) is 0. The first-order chi connectivity index (χ1) is 29.7. The minimum absolute atomic E-state index is 0.0270. The molecule has 0 radical (unpaired) electrons. The molecular formula is C55H34N3OS+. The number of fused-ring (bicyclic) bond motifs is 9. The van der Waals surface area contributed by atoms with Gasteiger partial charge in [0.25, 0.3) is 0 Å². The van der Waals surface area contributed by atoms with E-state index in [1.807, 2.05) is 34.5 Å². The normalized spacial score (nSPS) is 15.4. The number of thioether (sulfide) groups is 1. The fourth-order valence-corrected chi connectivity index (χ4v) is 11.2. The third-order valence-electron chi connectivity index (χ3n) is 12.6. The van der Waals surface area contributed by atoms with Crippen molar-refractivity contribution in [3.63, 3.8) is 0 Å². The van der Waals surface area contributed by atoms with Crippen LogP contribution in [0.5, 0.6) is 0 Å². The van der Waals surface area contributed by atoms with E-state index in [4.69, 9.17) is 0 Å². The Labute approximate surface area is 350 Å². The number of carbonyl (C=O) groups excluding carboxylic acids is 1. The summed E-state index contributed by atoms with van der Waals surface area (Å²) in [5.74, 6) is 0.0270. The summed E-state index contributed by atoms with van der Waals surface area (Å²) < 4.78 is 6.71. The van der Waals surface area contributed by atoms with Gasteiger partial charge in [0, 0.05) is 44.6 Å². The molecule has 4 nitrogen and oxygen atoms in total. The third-order valence-corrected chi connectivity index (χ3v) is 13.8. The van der Waals surface area contributed by atoms with Crippen molar-refractivity contribution in [3.8, 4) is 33.6 Å². The smallest absolute Gasteiger partial charge is 0.309 e. The van der Waals surface area contributed by atoms with Gasteiger partial charge in [-0.05, 0) is 107 Å². The van der Waals surface area contributed by atoms with E-state index >= 15 is 0 Å². The summed E-state index contributed by atoms with van der Waals surface area (Å²) >= 11 is 1.84. The van der Waals surface area contributed by atoms with Crippen LogP contribution in [0, 0.1) is 0 Å². The summed E-state index contributed by atoms with van der Waals surface area (Å²) in [5, 5.41) is 4.84. The molecule has 10 aromatic rings. The zero-order valence-electron chi connectivity index (χ0n) is 32.3. The SMILES string of the molecule is O=C1c2ccccc2-c2cc(-c3ccc4c(c3)c3ccccc3n4-c3ccccc3)cc3c2[N+]1=C1C=CC(c2ccc4c(c2)c2ccccc2n4-c2ccccc2)=CC1S3. The first-order valence-electron chi connectivity index (χ1n) is 20.4. The summed E-state index contributed by atoms with van der Waals surface area (Å²) in [7, 11) is 0. The van der Waals surface area contributed by atoms with Crippen LogP contribution in [-0.2, 0) is 0 Å². The van der Waals surface area contributed by atoms with E-state index in [2.05, 4.69) is 191 Å². The number of rotatable bonds is 4. The van der Waals surface area contributed by atoms with E-state index in [9.17, 15) is 4.79 Å². The van der Waals surface area contributed by atoms with Crippen LogP contribution in [0.25, 0.3) is 82.8 Å². The van der Waals surface area contributed by atoms with Gasteiger partial charge in [-0.15, -0.1) is 16.3 Å². The highest BCUT2D eigenvalue weighted by atomic mass is 32.2. The second-order valence-electron chi connectivity index (χ2n) is 15.8. The molecule has 2 aliphatic heterocycles. The lowest BCUT2D eigenvalue weighted by Gasteiger charge is -2.28. The Morgan fingerprint density at radius 3 is 1.67 bits per heavy atom. The Bertz CT molecular complexity index is 3590. The van der Waals surface area contributed by atoms with Crippen molar-refractivity contribution in [3.05, 3.63) is 211 Å². The number of benzene rings is 8. The van der Waals surface area contributed by atoms with Crippen molar-refractivity contribution >= 4 is 78.3 Å². The van der Waals surface area contributed by atoms with Crippen LogP contribution in [0.2, 0.25) is 0 Å². The first kappa shape index (κ1) is 33.5. The lowest BCUT2D eigenvalue weighted by molar-refractivity contribution is -0.339. The van der Waals surface area contributed by atoms with E-state index < -0.39 is 0 Å². The highest BCUT2D eigenvalue weighted by Gasteiger charge is 2.45. The Morgan fingerprint density at radius 1 is 0.450 bits per heavy atom. The van der Waals surface area contributed by atoms with Gasteiger partial charge in [0.1, 0.15) is 5.25 Å². The summed E-state index contributed by atoms with van der Waals surface area (Å²) in [6, 6.07) is 64.9. The Morgan fingerprint density at radius 2 is 1.00 bits per heavy atom. The first-order valence-corrected chi connectivity index (χ1v) is 21.3. The molecule has 1 amide bonds. The molecule has 0 bridgehead atoms. The number of hydrogen-bond donors (Lipinski definition) is 0. The predicted molar refractivity (Wildman–Crippen MR) is 248 cm³/mol. The van der Waals surface area contributed by atoms with E-state index in [-0.39, 0.29) is 11.2 Å². The van der Waals surface area contributed by atoms with Gasteiger partial charge in [0.05, 0.1) is 38.1 Å². The molecule has 5 heteroatoms. The Kier molecular flexibility index (Phi) is 7.13. The van der Waals surface area contributed by atoms with E-state index in [1.54, 1.807) is 0 Å². The van der Waals surface area contributed by atoms with Gasteiger partial charge in [0.2, 0.25) is 11.4 Å². The second kappa shape index (κ2) is 12.8. The van der Waals surface area contributed by atoms with Crippen LogP contribution in [-0.4, -0.2) is 30.6 Å². The average molecular weight is 785 g/mol. The highest BCUT2D eigenvalue weighted by Crippen LogP contribution is 2.51. The molecule has 0 saturated heterocycles. The molecule has 0 fully saturated rings. The maximum absolute atomic E-state index is 14.6. The van der Waals surface area contributed by atoms with E-state index in [1.165, 1.54) is 43.6 Å². The molecule has 1 aliphatic carbocycles. The van der Waals surface area contributed by atoms with Crippen molar-refractivity contribution in [1.82, 2.24) is 9.13 Å². The van der Waals surface area contributed by atoms with Crippen LogP contribution in [0.1, 0.15) is 15.9 Å². The summed E-state index contributed by atoms with van der Waals surface area (Å²) in [6.07, 6.45) is 6.72. The van der Waals surface area contributed by atoms with Crippen molar-refractivity contribution in [2.24, 2.45) is 0 Å². The predicted octanol–water partition coefficient (Wildman–Crippen LogP) is 13.6. The summed E-state index contributed by atoms with van der Waals surface area (Å²) in [5.41, 5.74) is 16.4. The maximum atomic E-state index is 14.6. The number of aromatic nitrogens is 2. The standard InChI is InChI=1S/C55H34N3OS/c59-55-43-20-8-7-17-40(43)46-31-37(35-24-27-50-45(30-35)42-19-10-12-22-48(42)57(50)39-15-5-2-6-16-39)33-53-54(46)58(55)51-28-25-36(32-52(51)60-53)34-23-26-49-44(29-34)41-18-9-11-21-47(41)56(49)38-13-3-1-4-14-38/h1-33,52H/q+1. The number of nitrogens with zero attached hydrogens (tertiary/aromatic N) is 3. The van der Waals surface area contributed by atoms with Crippen LogP contribution in [0.15, 0.2) is 205 Å². The van der Waals surface area contributed by atoms with Crippen LogP contribution in [0.3, 0.4) is 0 Å². The summed E-state index contributed by atoms with van der Waals surface area (Å²) in [4.78, 5) is 15.7. The van der Waals surface area contributed by atoms with Gasteiger partial charge in [-0.1, -0.05) is 109 Å². The molecule has 0 N–H and O–H groups in total. The van der Waals surface area contributed by atoms with Crippen LogP contribution in [0.4, 0.5) is 5.69 Å². The highest BCUT2D eigenvalue weighted by molar-refractivity contribution is 8.01. The minimum Gasteiger partial charge on any atom is -0.309 e. The molecule has 4 heterocycles. The average Bonchev–Trinajstić information content (AvgIpc) is 3.82. The molecule has 13 rings (SSSR count). The van der Waals surface area contributed by atoms with Crippen LogP contribution < -0.4 is 0 Å². The second-order valence-corrected chi connectivity index (χ2v) is 17.0. The molecule has 60 heavy (non-hydrogen) atoms. The molecule has 0 saturated carbocycles. The van der Waals surface area contributed by atoms with Gasteiger partial charge in [-0.3, -0.25) is 0 Å². The monoisotopic (exact) mass is 784 g/mol. The molecular weight excluding hydrogens is 751 g/mol. The molecule has 2 aromatic heterocycles. The third kappa shape index (κ3) is 4.81. The lowest BCUT2D eigenvalue weighted by Crippen LogP contribution is -2.35. The van der Waals surface area contributed by atoms with Crippen molar-refractivity contribution in [1.29, 1.82) is 0 Å². The van der Waals surface area contributed by atoms with Gasteiger partial charge < -0.3 is 9.13 Å². The van der Waals surface area contributed by atoms with Crippen LogP contribution >= 0.6 is 11.8 Å². The van der Waals surface area contributed by atoms with E-state index in [0.29, 0.717) is 0 Å². The largest absolute Gasteiger partial charge is 0.426 e. The number of carbonyl (C=O) groups is 1. The van der Waals surface area contributed by atoms with Gasteiger partial charge in [-0.2, -0.15) is 0 Å². The number of allylic oxidation sites excluding steroid dienone is 3. The molecule has 8 aromatic carbocycles. The minimum atomic E-state index is -0.0532. The maximum Gasteiger partial charge on any atom is 0.426 e. The van der Waals surface area contributed by atoms with Crippen molar-refractivity contribution < 1.29 is 9.37 Å². The fraction of sp³-hybridized carbons (Fsp3) is 0.0182. The van der Waals surface area contributed by atoms with E-state index in [0.717, 1.165) is 66.6 Å². The fourth-order valence-electron chi connectivity index (χ4n) is 9.89. The molecule has 3 aliphatic rings. The number of para-hydroxylation sites is 4. The van der Waals surface area contributed by atoms with Gasteiger partial charge in [-0.25, -0.2) is 4.79 Å².